The second-order valence-electron chi connectivity index (χ2n) is 7.66. The van der Waals surface area contributed by atoms with Crippen LogP contribution in [0.4, 0.5) is 123 Å². The molecule has 0 aliphatic heterocycles. The van der Waals surface area contributed by atoms with Gasteiger partial charge < -0.3 is 0 Å². The summed E-state index contributed by atoms with van der Waals surface area (Å²) in [4.78, 5) is 9.67. The van der Waals surface area contributed by atoms with E-state index in [0.29, 0.717) is 0 Å². The monoisotopic (exact) mass is 716 g/mol. The molecule has 0 bridgehead atoms. The van der Waals surface area contributed by atoms with Gasteiger partial charge in [0.25, 0.3) is 0 Å². The van der Waals surface area contributed by atoms with E-state index < -0.39 is 83.3 Å². The molecule has 0 heterocycles. The molecule has 0 aromatic heterocycles. The summed E-state index contributed by atoms with van der Waals surface area (Å²) < 4.78 is 365. The molecule has 0 N–H and O–H groups in total. The Morgan fingerprint density at radius 2 is 0.395 bits per heavy atom. The fraction of sp³-hybridized carbons (Fsp3) is 0.929. The number of alkyl halides is 27. The van der Waals surface area contributed by atoms with Crippen molar-refractivity contribution in [1.82, 2.24) is 0 Å². The van der Waals surface area contributed by atoms with Crippen molar-refractivity contribution in [2.45, 2.75) is 77.2 Å². The van der Waals surface area contributed by atoms with Gasteiger partial charge in [-0.15, -0.1) is 0 Å². The van der Waals surface area contributed by atoms with Gasteiger partial charge in [-0.3, -0.25) is 4.79 Å². The number of rotatable bonds is 12. The van der Waals surface area contributed by atoms with Gasteiger partial charge in [-0.05, 0) is 0 Å². The zero-order valence-corrected chi connectivity index (χ0v) is 18.0. The van der Waals surface area contributed by atoms with Gasteiger partial charge in [-0.25, -0.2) is 0 Å². The molecule has 0 amide bonds. The maximum absolute atomic E-state index is 13.5. The van der Waals surface area contributed by atoms with Crippen LogP contribution >= 0.6 is 0 Å². The smallest absolute Gasteiger partial charge is 0.254 e. The van der Waals surface area contributed by atoms with Crippen LogP contribution in [0.15, 0.2) is 0 Å². The lowest BCUT2D eigenvalue weighted by atomic mass is 9.84. The van der Waals surface area contributed by atoms with E-state index in [-0.39, 0.29) is 0 Å². The van der Waals surface area contributed by atoms with Crippen LogP contribution in [0.3, 0.4) is 0 Å². The Labute approximate surface area is 212 Å². The lowest BCUT2D eigenvalue weighted by molar-refractivity contribution is -0.484. The fourth-order valence-electron chi connectivity index (χ4n) is 2.27. The third-order valence-electron chi connectivity index (χ3n) is 4.94. The van der Waals surface area contributed by atoms with Gasteiger partial charge in [-0.1, -0.05) is 0 Å². The molecular weight excluding hydrogens is 716 g/mol. The van der Waals surface area contributed by atoms with Crippen LogP contribution in [-0.2, 0) is 4.79 Å². The van der Waals surface area contributed by atoms with Crippen LogP contribution < -0.4 is 0 Å². The lowest BCUT2D eigenvalue weighted by Gasteiger charge is -2.45. The summed E-state index contributed by atoms with van der Waals surface area (Å²) in [6, 6.07) is -5.22. The molecule has 0 saturated heterocycles. The van der Waals surface area contributed by atoms with Crippen LogP contribution in [0.2, 0.25) is 0 Å². The van der Waals surface area contributed by atoms with Crippen LogP contribution in [0.1, 0.15) is 0 Å². The fourth-order valence-corrected chi connectivity index (χ4v) is 2.27. The predicted molar refractivity (Wildman–Crippen MR) is 71.5 cm³/mol. The third kappa shape index (κ3) is 4.53. The summed E-state index contributed by atoms with van der Waals surface area (Å²) in [5.74, 6) is -112. The number of carbonyl (C=O) groups excluding carboxylic acids is 1. The molecular formula is C14F28O. The van der Waals surface area contributed by atoms with Crippen molar-refractivity contribution in [2.75, 3.05) is 0 Å². The molecule has 0 spiro atoms. The summed E-state index contributed by atoms with van der Waals surface area (Å²) in [5, 5.41) is 0. The molecule has 0 aliphatic rings. The minimum absolute atomic E-state index is 5.22. The molecule has 258 valence electrons. The summed E-state index contributed by atoms with van der Waals surface area (Å²) in [7, 11) is 0. The quantitative estimate of drug-likeness (QED) is 0.146. The van der Waals surface area contributed by atoms with Gasteiger partial charge in [0.15, 0.2) is 0 Å². The molecule has 0 fully saturated rings. The Hall–Kier alpha value is -2.29. The van der Waals surface area contributed by atoms with E-state index in [9.17, 15) is 128 Å². The highest BCUT2D eigenvalue weighted by molar-refractivity contribution is 5.78. The van der Waals surface area contributed by atoms with E-state index in [4.69, 9.17) is 0 Å². The van der Waals surface area contributed by atoms with Crippen molar-refractivity contribution in [2.24, 2.45) is 0 Å². The molecule has 0 aromatic carbocycles. The topological polar surface area (TPSA) is 17.1 Å². The van der Waals surface area contributed by atoms with Crippen LogP contribution in [0.5, 0.6) is 0 Å². The van der Waals surface area contributed by atoms with Gasteiger partial charge in [0.1, 0.15) is 0 Å². The van der Waals surface area contributed by atoms with E-state index in [1.165, 1.54) is 0 Å². The molecule has 0 aromatic rings. The highest BCUT2D eigenvalue weighted by Crippen LogP contribution is 2.68. The molecule has 43 heavy (non-hydrogen) atoms. The average molecular weight is 716 g/mol. The Balaban J connectivity index is 7.49. The van der Waals surface area contributed by atoms with E-state index in [2.05, 4.69) is 0 Å². The maximum atomic E-state index is 13.5. The summed E-state index contributed by atoms with van der Waals surface area (Å²) in [5.41, 5.74) is 0. The second-order valence-corrected chi connectivity index (χ2v) is 7.66. The first-order valence-electron chi connectivity index (χ1n) is 8.75. The second kappa shape index (κ2) is 9.60. The number of hydrogen-bond donors (Lipinski definition) is 0. The minimum atomic E-state index is -9.88. The molecule has 0 rings (SSSR count). The summed E-state index contributed by atoms with van der Waals surface area (Å²) >= 11 is 0. The Morgan fingerprint density at radius 1 is 0.256 bits per heavy atom. The van der Waals surface area contributed by atoms with E-state index in [1.54, 1.807) is 0 Å². The lowest BCUT2D eigenvalue weighted by Crippen LogP contribution is -2.79. The minimum Gasteiger partial charge on any atom is -0.254 e. The standard InChI is InChI=1S/C14F28O/c15-1(43)2(16,17)3(18,19)4(20,21)5(22,23)6(24,25)7(26,27)8(28,29)9(30,31)10(32,33)11(34,35)12(36,37)13(38,39)14(40,41)42. The van der Waals surface area contributed by atoms with Crippen LogP contribution in [0.25, 0.3) is 0 Å². The highest BCUT2D eigenvalue weighted by atomic mass is 19.4. The summed E-state index contributed by atoms with van der Waals surface area (Å²) in [6.07, 6.45) is -8.27. The average Bonchev–Trinajstić information content (AvgIpc) is 2.76. The highest BCUT2D eigenvalue weighted by Gasteiger charge is 3.00. The maximum Gasteiger partial charge on any atom is 0.460 e. The zero-order chi connectivity index (χ0) is 36.1. The van der Waals surface area contributed by atoms with Gasteiger partial charge in [0.05, 0.1) is 0 Å². The van der Waals surface area contributed by atoms with Crippen LogP contribution in [-0.4, -0.2) is 83.3 Å². The van der Waals surface area contributed by atoms with E-state index in [1.807, 2.05) is 0 Å². The van der Waals surface area contributed by atoms with E-state index >= 15 is 0 Å². The van der Waals surface area contributed by atoms with E-state index in [0.717, 1.165) is 0 Å². The summed E-state index contributed by atoms with van der Waals surface area (Å²) in [6.45, 7) is 0. The van der Waals surface area contributed by atoms with Gasteiger partial charge in [-0.2, -0.15) is 123 Å². The van der Waals surface area contributed by atoms with Gasteiger partial charge >= 0.3 is 83.3 Å². The predicted octanol–water partition coefficient (Wildman–Crippen LogP) is 8.67. The molecule has 0 unspecified atom stereocenters. The Bertz CT molecular complexity index is 1060. The molecule has 29 heteroatoms. The molecule has 0 aliphatic carbocycles. The number of carbonyl (C=O) groups is 1. The van der Waals surface area contributed by atoms with Gasteiger partial charge in [0, 0.05) is 0 Å². The number of halogens is 28. The first-order chi connectivity index (χ1) is 17.9. The number of hydrogen-bond acceptors (Lipinski definition) is 1. The Kier molecular flexibility index (Phi) is 9.09. The molecule has 1 nitrogen and oxygen atoms in total. The van der Waals surface area contributed by atoms with Crippen molar-refractivity contribution in [3.05, 3.63) is 0 Å². The van der Waals surface area contributed by atoms with Crippen molar-refractivity contribution >= 4 is 6.04 Å². The van der Waals surface area contributed by atoms with Crippen molar-refractivity contribution in [3.63, 3.8) is 0 Å². The largest absolute Gasteiger partial charge is 0.460 e. The zero-order valence-electron chi connectivity index (χ0n) is 18.0. The third-order valence-corrected chi connectivity index (χ3v) is 4.94. The van der Waals surface area contributed by atoms with Crippen LogP contribution in [0, 0.1) is 0 Å². The SMILES string of the molecule is O=C(F)C(F)(F)C(F)(F)C(F)(F)C(F)(F)C(F)(F)C(F)(F)C(F)(F)C(F)(F)C(F)(F)C(F)(F)C(F)(F)C(F)(F)C(F)(F)F. The van der Waals surface area contributed by atoms with Crippen molar-refractivity contribution in [3.8, 4) is 0 Å². The molecule has 0 atom stereocenters. The first-order valence-corrected chi connectivity index (χ1v) is 8.75. The Morgan fingerprint density at radius 3 is 0.535 bits per heavy atom. The van der Waals surface area contributed by atoms with Crippen molar-refractivity contribution < 1.29 is 128 Å². The van der Waals surface area contributed by atoms with Gasteiger partial charge in [0.2, 0.25) is 0 Å². The van der Waals surface area contributed by atoms with Crippen molar-refractivity contribution in [1.29, 1.82) is 0 Å². The molecule has 0 saturated carbocycles. The normalized spacial score (nSPS) is 16.9. The molecule has 0 radical (unpaired) electrons. The first kappa shape index (κ1) is 40.7.